The minimum absolute atomic E-state index is 0.110. The van der Waals surface area contributed by atoms with Gasteiger partial charge in [0.05, 0.1) is 0 Å². The third kappa shape index (κ3) is 3.46. The summed E-state index contributed by atoms with van der Waals surface area (Å²) >= 11 is 0. The Kier molecular flexibility index (Phi) is 4.93. The quantitative estimate of drug-likeness (QED) is 0.828. The number of fused-ring (bicyclic) bond motifs is 1. The molecule has 1 aromatic heterocycles. The van der Waals surface area contributed by atoms with Gasteiger partial charge >= 0.3 is 0 Å². The predicted molar refractivity (Wildman–Crippen MR) is 94.0 cm³/mol. The first-order chi connectivity index (χ1) is 11.9. The summed E-state index contributed by atoms with van der Waals surface area (Å²) in [5.41, 5.74) is 0.767. The molecule has 4 nitrogen and oxygen atoms in total. The van der Waals surface area contributed by atoms with Crippen molar-refractivity contribution >= 4 is 22.7 Å². The Bertz CT molecular complexity index is 809. The molecule has 1 atom stereocenters. The molecule has 0 aliphatic carbocycles. The van der Waals surface area contributed by atoms with E-state index in [2.05, 4.69) is 0 Å². The van der Waals surface area contributed by atoms with E-state index in [1.54, 1.807) is 24.0 Å². The van der Waals surface area contributed by atoms with Crippen molar-refractivity contribution in [2.75, 3.05) is 13.1 Å². The number of benzene rings is 1. The maximum Gasteiger partial charge on any atom is 0.289 e. The van der Waals surface area contributed by atoms with Crippen molar-refractivity contribution in [3.8, 4) is 0 Å². The molecule has 25 heavy (non-hydrogen) atoms. The van der Waals surface area contributed by atoms with Gasteiger partial charge in [-0.2, -0.15) is 0 Å². The molecule has 1 aliphatic rings. The number of furan rings is 1. The van der Waals surface area contributed by atoms with Gasteiger partial charge in [-0.25, -0.2) is 4.39 Å². The number of carbonyl (C=O) groups excluding carboxylic acids is 2. The smallest absolute Gasteiger partial charge is 0.289 e. The molecule has 0 spiro atoms. The van der Waals surface area contributed by atoms with Crippen LogP contribution in [-0.4, -0.2) is 29.7 Å². The van der Waals surface area contributed by atoms with Gasteiger partial charge in [-0.15, -0.1) is 0 Å². The molecule has 1 saturated heterocycles. The topological polar surface area (TPSA) is 50.5 Å². The van der Waals surface area contributed by atoms with Crippen molar-refractivity contribution in [2.24, 2.45) is 11.8 Å². The first-order valence-corrected chi connectivity index (χ1v) is 8.88. The van der Waals surface area contributed by atoms with Crippen LogP contribution in [0.1, 0.15) is 49.2 Å². The lowest BCUT2D eigenvalue weighted by Crippen LogP contribution is -2.42. The van der Waals surface area contributed by atoms with Crippen LogP contribution < -0.4 is 0 Å². The van der Waals surface area contributed by atoms with Crippen LogP contribution in [0.3, 0.4) is 0 Å². The zero-order valence-corrected chi connectivity index (χ0v) is 15.0. The van der Waals surface area contributed by atoms with Gasteiger partial charge in [0.1, 0.15) is 5.78 Å². The van der Waals surface area contributed by atoms with Gasteiger partial charge in [0.2, 0.25) is 0 Å². The summed E-state index contributed by atoms with van der Waals surface area (Å²) in [7, 11) is 0. The van der Waals surface area contributed by atoms with Crippen LogP contribution in [0.5, 0.6) is 0 Å². The lowest BCUT2D eigenvalue weighted by Gasteiger charge is -2.32. The second-order valence-electron chi connectivity index (χ2n) is 7.33. The van der Waals surface area contributed by atoms with E-state index in [-0.39, 0.29) is 29.0 Å². The Hall–Kier alpha value is -2.17. The highest BCUT2D eigenvalue weighted by molar-refractivity contribution is 5.99. The fraction of sp³-hybridized carbons (Fsp3) is 0.500. The van der Waals surface area contributed by atoms with Gasteiger partial charge in [-0.05, 0) is 31.7 Å². The monoisotopic (exact) mass is 345 g/mol. The normalized spacial score (nSPS) is 18.1. The average Bonchev–Trinajstić information content (AvgIpc) is 2.92. The Balaban J connectivity index is 1.82. The number of nitrogens with zero attached hydrogens (tertiary/aromatic N) is 1. The first-order valence-electron chi connectivity index (χ1n) is 8.88. The van der Waals surface area contributed by atoms with Crippen LogP contribution in [0.15, 0.2) is 22.6 Å². The van der Waals surface area contributed by atoms with Crippen LogP contribution in [-0.2, 0) is 4.79 Å². The minimum atomic E-state index is -0.469. The van der Waals surface area contributed by atoms with Gasteiger partial charge in [0.15, 0.2) is 17.2 Å². The van der Waals surface area contributed by atoms with Crippen molar-refractivity contribution < 1.29 is 18.4 Å². The Morgan fingerprint density at radius 3 is 2.80 bits per heavy atom. The summed E-state index contributed by atoms with van der Waals surface area (Å²) in [5, 5.41) is 0.618. The highest BCUT2D eigenvalue weighted by Gasteiger charge is 2.31. The van der Waals surface area contributed by atoms with Gasteiger partial charge in [-0.1, -0.05) is 26.0 Å². The van der Waals surface area contributed by atoms with Crippen LogP contribution in [0.4, 0.5) is 4.39 Å². The van der Waals surface area contributed by atoms with Crippen LogP contribution in [0.2, 0.25) is 0 Å². The molecule has 1 amide bonds. The van der Waals surface area contributed by atoms with E-state index < -0.39 is 5.82 Å². The van der Waals surface area contributed by atoms with E-state index in [0.29, 0.717) is 36.4 Å². The molecule has 3 rings (SSSR count). The second kappa shape index (κ2) is 6.98. The molecule has 0 unspecified atom stereocenters. The Morgan fingerprint density at radius 2 is 2.12 bits per heavy atom. The van der Waals surface area contributed by atoms with E-state index in [1.807, 2.05) is 13.8 Å². The summed E-state index contributed by atoms with van der Waals surface area (Å²) in [6, 6.07) is 4.68. The number of para-hydroxylation sites is 1. The second-order valence-corrected chi connectivity index (χ2v) is 7.33. The lowest BCUT2D eigenvalue weighted by molar-refractivity contribution is -0.124. The third-order valence-corrected chi connectivity index (χ3v) is 4.88. The summed E-state index contributed by atoms with van der Waals surface area (Å²) in [5.74, 6) is -0.115. The lowest BCUT2D eigenvalue weighted by atomic mass is 9.89. The van der Waals surface area contributed by atoms with E-state index in [0.717, 1.165) is 12.8 Å². The largest absolute Gasteiger partial charge is 0.448 e. The molecule has 5 heteroatoms. The number of hydrogen-bond acceptors (Lipinski definition) is 3. The molecule has 1 fully saturated rings. The SMILES string of the molecule is Cc1c(C(=O)N2CCC[C@@H](C(=O)CC(C)C)C2)oc2c(F)cccc12. The van der Waals surface area contributed by atoms with E-state index in [4.69, 9.17) is 4.42 Å². The predicted octanol–water partition coefficient (Wildman–Crippen LogP) is 4.35. The Morgan fingerprint density at radius 1 is 1.36 bits per heavy atom. The zero-order chi connectivity index (χ0) is 18.1. The average molecular weight is 345 g/mol. The third-order valence-electron chi connectivity index (χ3n) is 4.88. The number of piperidine rings is 1. The van der Waals surface area contributed by atoms with Crippen molar-refractivity contribution in [3.63, 3.8) is 0 Å². The Labute approximate surface area is 147 Å². The summed E-state index contributed by atoms with van der Waals surface area (Å²) < 4.78 is 19.5. The van der Waals surface area contributed by atoms with Gasteiger partial charge < -0.3 is 9.32 Å². The van der Waals surface area contributed by atoms with E-state index >= 15 is 0 Å². The number of hydrogen-bond donors (Lipinski definition) is 0. The molecule has 134 valence electrons. The van der Waals surface area contributed by atoms with Crippen molar-refractivity contribution in [1.29, 1.82) is 0 Å². The summed E-state index contributed by atoms with van der Waals surface area (Å²) in [6.07, 6.45) is 2.17. The van der Waals surface area contributed by atoms with Crippen molar-refractivity contribution in [2.45, 2.75) is 40.0 Å². The van der Waals surface area contributed by atoms with Crippen LogP contribution in [0, 0.1) is 24.6 Å². The molecular weight excluding hydrogens is 321 g/mol. The van der Waals surface area contributed by atoms with Gasteiger partial charge in [0, 0.05) is 36.4 Å². The van der Waals surface area contributed by atoms with Crippen molar-refractivity contribution in [1.82, 2.24) is 4.90 Å². The van der Waals surface area contributed by atoms with Gasteiger partial charge in [0.25, 0.3) is 5.91 Å². The maximum absolute atomic E-state index is 13.9. The highest BCUT2D eigenvalue weighted by atomic mass is 19.1. The first kappa shape index (κ1) is 17.6. The number of Topliss-reactive ketones (excluding diaryl/α,β-unsaturated/α-hetero) is 1. The summed E-state index contributed by atoms with van der Waals surface area (Å²) in [4.78, 5) is 26.9. The van der Waals surface area contributed by atoms with Crippen LogP contribution >= 0.6 is 0 Å². The molecule has 0 N–H and O–H groups in total. The fourth-order valence-corrected chi connectivity index (χ4v) is 3.55. The molecule has 0 radical (unpaired) electrons. The number of rotatable bonds is 4. The minimum Gasteiger partial charge on any atom is -0.448 e. The molecule has 2 heterocycles. The van der Waals surface area contributed by atoms with E-state index in [9.17, 15) is 14.0 Å². The standard InChI is InChI=1S/C20H24FNO3/c1-12(2)10-17(23)14-6-5-9-22(11-14)20(24)18-13(3)15-7-4-8-16(21)19(15)25-18/h4,7-8,12,14H,5-6,9-11H2,1-3H3/t14-/m1/s1. The zero-order valence-electron chi connectivity index (χ0n) is 15.0. The molecule has 1 aromatic carbocycles. The number of likely N-dealkylation sites (tertiary alicyclic amines) is 1. The fourth-order valence-electron chi connectivity index (χ4n) is 3.55. The van der Waals surface area contributed by atoms with E-state index in [1.165, 1.54) is 6.07 Å². The molecule has 0 bridgehead atoms. The number of aryl methyl sites for hydroxylation is 1. The summed E-state index contributed by atoms with van der Waals surface area (Å²) in [6.45, 7) is 6.84. The molecule has 2 aromatic rings. The molecular formula is C20H24FNO3. The number of halogens is 1. The van der Waals surface area contributed by atoms with Crippen molar-refractivity contribution in [3.05, 3.63) is 35.3 Å². The molecule has 0 saturated carbocycles. The number of carbonyl (C=O) groups is 2. The van der Waals surface area contributed by atoms with Crippen LogP contribution in [0.25, 0.3) is 11.0 Å². The highest BCUT2D eigenvalue weighted by Crippen LogP contribution is 2.29. The maximum atomic E-state index is 13.9. The number of amides is 1. The van der Waals surface area contributed by atoms with Gasteiger partial charge in [-0.3, -0.25) is 9.59 Å². The number of ketones is 1. The molecule has 1 aliphatic heterocycles.